The van der Waals surface area contributed by atoms with Gasteiger partial charge in [-0.2, -0.15) is 0 Å². The van der Waals surface area contributed by atoms with Crippen molar-refractivity contribution in [2.75, 3.05) is 26.9 Å². The predicted molar refractivity (Wildman–Crippen MR) is 127 cm³/mol. The van der Waals surface area contributed by atoms with Crippen LogP contribution in [-0.2, 0) is 14.3 Å². The molecule has 182 valence electrons. The summed E-state index contributed by atoms with van der Waals surface area (Å²) in [6.07, 6.45) is -0.0490. The van der Waals surface area contributed by atoms with Gasteiger partial charge >= 0.3 is 0 Å². The lowest BCUT2D eigenvalue weighted by molar-refractivity contribution is -0.140. The fourth-order valence-corrected chi connectivity index (χ4v) is 3.99. The number of carbonyl (C=O) groups is 2. The molecule has 2 aromatic rings. The molecule has 1 unspecified atom stereocenters. The first-order valence-corrected chi connectivity index (χ1v) is 11.2. The normalized spacial score (nSPS) is 17.5. The van der Waals surface area contributed by atoms with Crippen molar-refractivity contribution in [2.45, 2.75) is 39.8 Å². The molecule has 0 saturated carbocycles. The number of nitrogens with zero attached hydrogens (tertiary/aromatic N) is 1. The molecule has 0 aliphatic carbocycles. The third-order valence-electron chi connectivity index (χ3n) is 5.59. The summed E-state index contributed by atoms with van der Waals surface area (Å²) in [5.74, 6) is -1.04. The van der Waals surface area contributed by atoms with Crippen LogP contribution >= 0.6 is 0 Å². The molecule has 2 aromatic carbocycles. The van der Waals surface area contributed by atoms with E-state index in [1.165, 1.54) is 18.1 Å². The molecule has 1 fully saturated rings. The average molecular weight is 470 g/mol. The van der Waals surface area contributed by atoms with Crippen molar-refractivity contribution in [3.8, 4) is 17.2 Å². The minimum absolute atomic E-state index is 0.0490. The van der Waals surface area contributed by atoms with Gasteiger partial charge < -0.3 is 29.3 Å². The second-order valence-electron chi connectivity index (χ2n) is 8.26. The molecule has 1 aliphatic heterocycles. The maximum absolute atomic E-state index is 13.1. The molecular weight excluding hydrogens is 438 g/mol. The van der Waals surface area contributed by atoms with Gasteiger partial charge in [-0.3, -0.25) is 9.59 Å². The second-order valence-corrected chi connectivity index (χ2v) is 8.26. The number of hydrogen-bond acceptors (Lipinski definition) is 7. The first-order chi connectivity index (χ1) is 16.2. The van der Waals surface area contributed by atoms with Crippen molar-refractivity contribution in [2.24, 2.45) is 0 Å². The van der Waals surface area contributed by atoms with E-state index in [4.69, 9.17) is 14.2 Å². The van der Waals surface area contributed by atoms with E-state index in [0.29, 0.717) is 23.5 Å². The molecule has 34 heavy (non-hydrogen) atoms. The van der Waals surface area contributed by atoms with Crippen LogP contribution in [0.4, 0.5) is 0 Å². The van der Waals surface area contributed by atoms with Gasteiger partial charge in [0.25, 0.3) is 11.7 Å². The number of Topliss-reactive ketones (excluding diaryl/α,β-unsaturated/α-hetero) is 1. The Bertz CT molecular complexity index is 1110. The standard InChI is InChI=1S/C26H31NO7/c1-6-33-20-9-8-18(13-16(20)4)24(29)22-23(17-7-10-21(32-5)19(28)14-17)27(26(31)25(22)30)11-12-34-15(2)3/h7-10,13-15,23,28-29H,6,11-12H2,1-5H3/b24-22-. The van der Waals surface area contributed by atoms with Gasteiger partial charge in [0.1, 0.15) is 11.5 Å². The highest BCUT2D eigenvalue weighted by Crippen LogP contribution is 2.42. The smallest absolute Gasteiger partial charge is 0.295 e. The van der Waals surface area contributed by atoms with E-state index < -0.39 is 17.7 Å². The van der Waals surface area contributed by atoms with E-state index in [-0.39, 0.29) is 42.1 Å². The Balaban J connectivity index is 2.12. The molecule has 0 spiro atoms. The summed E-state index contributed by atoms with van der Waals surface area (Å²) in [5, 5.41) is 21.6. The van der Waals surface area contributed by atoms with Crippen LogP contribution in [0.3, 0.4) is 0 Å². The van der Waals surface area contributed by atoms with Crippen molar-refractivity contribution < 1.29 is 34.0 Å². The van der Waals surface area contributed by atoms with Crippen LogP contribution in [0.1, 0.15) is 43.5 Å². The van der Waals surface area contributed by atoms with Crippen LogP contribution < -0.4 is 9.47 Å². The Morgan fingerprint density at radius 3 is 2.41 bits per heavy atom. The Labute approximate surface area is 199 Å². The van der Waals surface area contributed by atoms with Crippen LogP contribution in [0.15, 0.2) is 42.0 Å². The Kier molecular flexibility index (Phi) is 7.83. The molecule has 1 amide bonds. The number of carbonyl (C=O) groups excluding carboxylic acids is 2. The lowest BCUT2D eigenvalue weighted by Crippen LogP contribution is -2.33. The van der Waals surface area contributed by atoms with Crippen molar-refractivity contribution in [3.05, 3.63) is 58.7 Å². The van der Waals surface area contributed by atoms with E-state index in [0.717, 1.165) is 5.56 Å². The number of phenols is 1. The zero-order chi connectivity index (χ0) is 25.0. The molecule has 0 radical (unpaired) electrons. The van der Waals surface area contributed by atoms with Crippen LogP contribution in [-0.4, -0.2) is 59.8 Å². The lowest BCUT2D eigenvalue weighted by Gasteiger charge is -2.26. The number of aryl methyl sites for hydroxylation is 1. The zero-order valence-corrected chi connectivity index (χ0v) is 20.1. The number of hydrogen-bond donors (Lipinski definition) is 2. The SMILES string of the molecule is CCOc1ccc(/C(O)=C2/C(=O)C(=O)N(CCOC(C)C)C2c2ccc(OC)c(O)c2)cc1C. The highest BCUT2D eigenvalue weighted by atomic mass is 16.5. The number of aromatic hydroxyl groups is 1. The summed E-state index contributed by atoms with van der Waals surface area (Å²) in [5.41, 5.74) is 1.58. The van der Waals surface area contributed by atoms with Gasteiger partial charge in [0.15, 0.2) is 11.5 Å². The summed E-state index contributed by atoms with van der Waals surface area (Å²) >= 11 is 0. The van der Waals surface area contributed by atoms with Gasteiger partial charge in [-0.05, 0) is 69.2 Å². The zero-order valence-electron chi connectivity index (χ0n) is 20.1. The molecule has 1 atom stereocenters. The first-order valence-electron chi connectivity index (χ1n) is 11.2. The van der Waals surface area contributed by atoms with Crippen molar-refractivity contribution in [1.29, 1.82) is 0 Å². The van der Waals surface area contributed by atoms with Gasteiger partial charge in [0.05, 0.1) is 38.0 Å². The van der Waals surface area contributed by atoms with Crippen LogP contribution in [0, 0.1) is 6.92 Å². The van der Waals surface area contributed by atoms with Crippen LogP contribution in [0.2, 0.25) is 0 Å². The van der Waals surface area contributed by atoms with Crippen molar-refractivity contribution in [3.63, 3.8) is 0 Å². The maximum Gasteiger partial charge on any atom is 0.295 e. The summed E-state index contributed by atoms with van der Waals surface area (Å²) in [7, 11) is 1.43. The average Bonchev–Trinajstić information content (AvgIpc) is 3.04. The number of methoxy groups -OCH3 is 1. The molecular formula is C26H31NO7. The first kappa shape index (κ1) is 25.1. The Hall–Kier alpha value is -3.52. The molecule has 1 aliphatic rings. The molecule has 1 heterocycles. The molecule has 3 rings (SSSR count). The van der Waals surface area contributed by atoms with Gasteiger partial charge in [0, 0.05) is 12.1 Å². The lowest BCUT2D eigenvalue weighted by atomic mass is 9.94. The number of benzene rings is 2. The second kappa shape index (κ2) is 10.6. The van der Waals surface area contributed by atoms with Crippen LogP contribution in [0.5, 0.6) is 17.2 Å². The van der Waals surface area contributed by atoms with Gasteiger partial charge in [-0.1, -0.05) is 6.07 Å². The van der Waals surface area contributed by atoms with E-state index in [9.17, 15) is 19.8 Å². The number of amides is 1. The number of rotatable bonds is 9. The van der Waals surface area contributed by atoms with Gasteiger partial charge in [-0.15, -0.1) is 0 Å². The molecule has 2 N–H and O–H groups in total. The molecule has 0 aromatic heterocycles. The summed E-state index contributed by atoms with van der Waals surface area (Å²) in [6, 6.07) is 8.80. The number of ether oxygens (including phenoxy) is 3. The Morgan fingerprint density at radius 2 is 1.82 bits per heavy atom. The Morgan fingerprint density at radius 1 is 1.12 bits per heavy atom. The van der Waals surface area contributed by atoms with Gasteiger partial charge in [0.2, 0.25) is 0 Å². The third kappa shape index (κ3) is 5.02. The quantitative estimate of drug-likeness (QED) is 0.325. The summed E-state index contributed by atoms with van der Waals surface area (Å²) < 4.78 is 16.3. The monoisotopic (exact) mass is 469 g/mol. The topological polar surface area (TPSA) is 106 Å². The van der Waals surface area contributed by atoms with Crippen molar-refractivity contribution >= 4 is 17.4 Å². The number of likely N-dealkylation sites (tertiary alicyclic amines) is 1. The van der Waals surface area contributed by atoms with Crippen molar-refractivity contribution in [1.82, 2.24) is 4.90 Å². The number of ketones is 1. The third-order valence-corrected chi connectivity index (χ3v) is 5.59. The largest absolute Gasteiger partial charge is 0.507 e. The van der Waals surface area contributed by atoms with Crippen LogP contribution in [0.25, 0.3) is 5.76 Å². The summed E-state index contributed by atoms with van der Waals surface area (Å²) in [6.45, 7) is 8.31. The molecule has 0 bridgehead atoms. The fourth-order valence-electron chi connectivity index (χ4n) is 3.99. The van der Waals surface area contributed by atoms with E-state index in [1.807, 2.05) is 27.7 Å². The molecule has 8 nitrogen and oxygen atoms in total. The number of aliphatic hydroxyl groups excluding tert-OH is 1. The predicted octanol–water partition coefficient (Wildman–Crippen LogP) is 3.95. The highest BCUT2D eigenvalue weighted by Gasteiger charge is 2.46. The maximum atomic E-state index is 13.1. The van der Waals surface area contributed by atoms with E-state index in [1.54, 1.807) is 30.3 Å². The van der Waals surface area contributed by atoms with E-state index in [2.05, 4.69) is 0 Å². The fraction of sp³-hybridized carbons (Fsp3) is 0.385. The molecule has 1 saturated heterocycles. The minimum Gasteiger partial charge on any atom is -0.507 e. The van der Waals surface area contributed by atoms with Gasteiger partial charge in [-0.25, -0.2) is 0 Å². The van der Waals surface area contributed by atoms with E-state index >= 15 is 0 Å². The summed E-state index contributed by atoms with van der Waals surface area (Å²) in [4.78, 5) is 27.5. The highest BCUT2D eigenvalue weighted by molar-refractivity contribution is 6.46. The minimum atomic E-state index is -0.903. The number of aliphatic hydroxyl groups is 1. The molecule has 8 heteroatoms. The number of phenolic OH excluding ortho intramolecular Hbond substituents is 1.